The summed E-state index contributed by atoms with van der Waals surface area (Å²) in [6, 6.07) is 28.2. The lowest BCUT2D eigenvalue weighted by Gasteiger charge is -2.12. The van der Waals surface area contributed by atoms with Crippen LogP contribution >= 0.6 is 0 Å². The minimum absolute atomic E-state index is 0.0103. The minimum Gasteiger partial charge on any atom is -0.439 e. The fourth-order valence-electron chi connectivity index (χ4n) is 4.56. The Hall–Kier alpha value is -4.18. The van der Waals surface area contributed by atoms with E-state index in [9.17, 15) is 0 Å². The van der Waals surface area contributed by atoms with E-state index in [1.54, 1.807) is 18.3 Å². The molecule has 6 rings (SSSR count). The maximum Gasteiger partial charge on any atom is 0.266 e. The molecule has 3 nitrogen and oxygen atoms in total. The summed E-state index contributed by atoms with van der Waals surface area (Å²) in [5.74, 6) is 1.07. The molecule has 0 fully saturated rings. The second-order valence-electron chi connectivity index (χ2n) is 8.23. The van der Waals surface area contributed by atoms with Crippen LogP contribution in [0.4, 0.5) is 0 Å². The van der Waals surface area contributed by atoms with Gasteiger partial charge in [-0.15, -0.1) is 0 Å². The average Bonchev–Trinajstić information content (AvgIpc) is 3.17. The van der Waals surface area contributed by atoms with Crippen LogP contribution in [0.1, 0.15) is 8.30 Å². The van der Waals surface area contributed by atoms with Crippen LogP contribution < -0.4 is 21.3 Å². The lowest BCUT2D eigenvalue weighted by Crippen LogP contribution is -2.50. The zero-order valence-corrected chi connectivity index (χ0v) is 18.1. The smallest absolute Gasteiger partial charge is 0.266 e. The highest BCUT2D eigenvalue weighted by Gasteiger charge is 2.34. The first-order valence-electron chi connectivity index (χ1n) is 11.9. The number of ether oxygens (including phenoxy) is 1. The summed E-state index contributed by atoms with van der Waals surface area (Å²) < 4.78 is 22.4. The van der Waals surface area contributed by atoms with Crippen LogP contribution in [0, 0.1) is 6.92 Å². The van der Waals surface area contributed by atoms with Crippen molar-refractivity contribution in [2.75, 3.05) is 0 Å². The summed E-state index contributed by atoms with van der Waals surface area (Å²) >= 11 is 0. The van der Waals surface area contributed by atoms with E-state index >= 15 is 0 Å². The summed E-state index contributed by atoms with van der Waals surface area (Å²) in [5, 5.41) is 0. The molecule has 1 aliphatic rings. The van der Waals surface area contributed by atoms with E-state index in [4.69, 9.17) is 12.5 Å². The monoisotopic (exact) mass is 426 g/mol. The van der Waals surface area contributed by atoms with Gasteiger partial charge in [-0.3, -0.25) is 4.98 Å². The summed E-state index contributed by atoms with van der Waals surface area (Å²) in [6.07, 6.45) is 3.54. The second-order valence-corrected chi connectivity index (χ2v) is 8.23. The van der Waals surface area contributed by atoms with Gasteiger partial charge in [0.2, 0.25) is 5.88 Å². The molecule has 4 heteroatoms. The van der Waals surface area contributed by atoms with Crippen molar-refractivity contribution in [3.05, 3.63) is 115 Å². The number of fused-ring (bicyclic) bond motifs is 3. The van der Waals surface area contributed by atoms with Crippen molar-refractivity contribution in [1.82, 2.24) is 9.97 Å². The quantitative estimate of drug-likeness (QED) is 0.382. The van der Waals surface area contributed by atoms with Crippen LogP contribution in [-0.4, -0.2) is 16.7 Å². The molecular weight excluding hydrogens is 403 g/mol. The maximum absolute atomic E-state index is 8.34. The fourth-order valence-corrected chi connectivity index (χ4v) is 4.56. The third-order valence-corrected chi connectivity index (χ3v) is 6.05. The highest BCUT2D eigenvalue weighted by molar-refractivity contribution is 6.98. The predicted molar refractivity (Wildman–Crippen MR) is 135 cm³/mol. The van der Waals surface area contributed by atoms with Crippen LogP contribution in [0.25, 0.3) is 22.3 Å². The molecule has 33 heavy (non-hydrogen) atoms. The van der Waals surface area contributed by atoms with Crippen LogP contribution in [0.3, 0.4) is 0 Å². The Kier molecular flexibility index (Phi) is 4.25. The van der Waals surface area contributed by atoms with Crippen molar-refractivity contribution in [3.8, 4) is 33.9 Å². The number of hydrogen-bond donors (Lipinski definition) is 0. The number of nitrogens with zero attached hydrogens (tertiary/aromatic N) is 2. The van der Waals surface area contributed by atoms with E-state index in [0.717, 1.165) is 38.9 Å². The first-order valence-corrected chi connectivity index (χ1v) is 10.9. The van der Waals surface area contributed by atoms with Crippen molar-refractivity contribution in [3.63, 3.8) is 0 Å². The molecule has 1 aliphatic heterocycles. The molecule has 0 bridgehead atoms. The van der Waals surface area contributed by atoms with Gasteiger partial charge in [0.15, 0.2) is 0 Å². The van der Waals surface area contributed by atoms with Gasteiger partial charge >= 0.3 is 0 Å². The van der Waals surface area contributed by atoms with E-state index < -0.39 is 0 Å². The number of rotatable bonds is 4. The first kappa shape index (κ1) is 17.4. The Bertz CT molecular complexity index is 1570. The molecule has 0 unspecified atom stereocenters. The largest absolute Gasteiger partial charge is 0.439 e. The van der Waals surface area contributed by atoms with E-state index in [1.807, 2.05) is 48.7 Å². The Balaban J connectivity index is 1.47. The minimum atomic E-state index is -0.0103. The van der Waals surface area contributed by atoms with Crippen molar-refractivity contribution in [1.29, 1.82) is 0 Å². The van der Waals surface area contributed by atoms with Gasteiger partial charge in [-0.25, -0.2) is 4.98 Å². The van der Waals surface area contributed by atoms with Gasteiger partial charge in [0.1, 0.15) is 5.75 Å². The lowest BCUT2D eigenvalue weighted by atomic mass is 9.40. The third kappa shape index (κ3) is 3.60. The van der Waals surface area contributed by atoms with Gasteiger partial charge < -0.3 is 4.74 Å². The maximum atomic E-state index is 8.34. The van der Waals surface area contributed by atoms with Gasteiger partial charge in [-0.2, -0.15) is 0 Å². The summed E-state index contributed by atoms with van der Waals surface area (Å²) in [4.78, 5) is 8.94. The van der Waals surface area contributed by atoms with Crippen molar-refractivity contribution in [2.24, 2.45) is 0 Å². The molecule has 0 amide bonds. The predicted octanol–water partition coefficient (Wildman–Crippen LogP) is 4.74. The molecule has 0 N–H and O–H groups in total. The van der Waals surface area contributed by atoms with Gasteiger partial charge in [0.25, 0.3) is 6.71 Å². The van der Waals surface area contributed by atoms with E-state index in [1.165, 1.54) is 5.46 Å². The normalized spacial score (nSPS) is 12.6. The highest BCUT2D eigenvalue weighted by Crippen LogP contribution is 2.30. The molecule has 0 spiro atoms. The van der Waals surface area contributed by atoms with Crippen LogP contribution in [0.5, 0.6) is 11.6 Å². The lowest BCUT2D eigenvalue weighted by molar-refractivity contribution is 0.463. The number of pyridine rings is 2. The average molecular weight is 426 g/mol. The molecular formula is C29H21BN2O. The highest BCUT2D eigenvalue weighted by atomic mass is 16.5. The van der Waals surface area contributed by atoms with Gasteiger partial charge in [0, 0.05) is 24.1 Å². The van der Waals surface area contributed by atoms with E-state index in [2.05, 4.69) is 42.2 Å². The van der Waals surface area contributed by atoms with Gasteiger partial charge in [0.05, 0.1) is 2.74 Å². The number of aryl methyl sites for hydroxylation is 1. The van der Waals surface area contributed by atoms with Gasteiger partial charge in [-0.05, 0) is 65.1 Å². The summed E-state index contributed by atoms with van der Waals surface area (Å²) in [6.45, 7) is 2.07. The third-order valence-electron chi connectivity index (χ3n) is 6.05. The Labute approximate surface area is 196 Å². The Morgan fingerprint density at radius 3 is 2.52 bits per heavy atom. The molecule has 2 aromatic heterocycles. The number of hydrogen-bond acceptors (Lipinski definition) is 3. The van der Waals surface area contributed by atoms with Crippen molar-refractivity contribution < 1.29 is 7.48 Å². The molecule has 0 saturated carbocycles. The molecule has 3 aromatic carbocycles. The molecule has 0 saturated heterocycles. The zero-order valence-electron chi connectivity index (χ0n) is 20.1. The zero-order chi connectivity index (χ0) is 23.9. The van der Waals surface area contributed by atoms with Crippen molar-refractivity contribution >= 4 is 23.2 Å². The summed E-state index contributed by atoms with van der Waals surface area (Å²) in [5.41, 5.74) is 8.59. The SMILES string of the molecule is [2H]c1cc(Oc2ccccn2)cc(-c2ccc3c(c2)B(c2cc(C)ccn2)c2ccc([2H])cc2-3)c1. The second kappa shape index (κ2) is 8.07. The van der Waals surface area contributed by atoms with E-state index in [0.29, 0.717) is 23.7 Å². The van der Waals surface area contributed by atoms with Gasteiger partial charge in [-0.1, -0.05) is 71.5 Å². The number of aromatic nitrogens is 2. The molecule has 0 atom stereocenters. The Morgan fingerprint density at radius 1 is 0.727 bits per heavy atom. The molecule has 156 valence electrons. The van der Waals surface area contributed by atoms with Crippen LogP contribution in [0.15, 0.2) is 109 Å². The van der Waals surface area contributed by atoms with E-state index in [-0.39, 0.29) is 6.71 Å². The topological polar surface area (TPSA) is 35.0 Å². The van der Waals surface area contributed by atoms with Crippen LogP contribution in [0.2, 0.25) is 0 Å². The van der Waals surface area contributed by atoms with Crippen LogP contribution in [-0.2, 0) is 0 Å². The molecule has 5 aromatic rings. The molecule has 0 radical (unpaired) electrons. The first-order chi connectivity index (χ1) is 17.0. The molecule has 3 heterocycles. The summed E-state index contributed by atoms with van der Waals surface area (Å²) in [7, 11) is 0. The standard InChI is InChI=1S/C29H21BN2O/c1-20-14-16-31-28(17-20)30-26-10-3-2-9-24(26)25-13-12-22(19-27(25)30)21-7-6-8-23(18-21)33-29-11-4-5-15-32-29/h2-19H,1H3/i2D,6D. The molecule has 0 aliphatic carbocycles. The van der Waals surface area contributed by atoms with Crippen molar-refractivity contribution in [2.45, 2.75) is 6.92 Å². The number of benzene rings is 3. The fraction of sp³-hybridized carbons (Fsp3) is 0.0345. The Morgan fingerprint density at radius 2 is 1.64 bits per heavy atom.